The van der Waals surface area contributed by atoms with Crippen LogP contribution in [0.4, 0.5) is 31.5 Å². The van der Waals surface area contributed by atoms with E-state index in [0.717, 1.165) is 12.3 Å². The molecular formula is C14H6F6N4O2S. The van der Waals surface area contributed by atoms with E-state index in [-0.39, 0.29) is 22.2 Å². The van der Waals surface area contributed by atoms with E-state index in [0.29, 0.717) is 12.1 Å². The van der Waals surface area contributed by atoms with Gasteiger partial charge in [0.1, 0.15) is 5.56 Å². The molecule has 142 valence electrons. The number of hydrogen-bond acceptors (Lipinski definition) is 5. The minimum atomic E-state index is -4.74. The number of carbonyl (C=O) groups excluding carboxylic acids is 1. The fourth-order valence-corrected chi connectivity index (χ4v) is 2.73. The number of fused-ring (bicyclic) bond motifs is 1. The van der Waals surface area contributed by atoms with Crippen molar-refractivity contribution in [2.45, 2.75) is 12.4 Å². The Balaban J connectivity index is 1.92. The van der Waals surface area contributed by atoms with Gasteiger partial charge in [0, 0.05) is 17.1 Å². The van der Waals surface area contributed by atoms with Gasteiger partial charge < -0.3 is 4.98 Å². The van der Waals surface area contributed by atoms with Crippen LogP contribution < -0.4 is 10.7 Å². The summed E-state index contributed by atoms with van der Waals surface area (Å²) in [6.45, 7) is 0. The van der Waals surface area contributed by atoms with Crippen LogP contribution in [0.2, 0.25) is 0 Å². The van der Waals surface area contributed by atoms with Crippen LogP contribution in [0.25, 0.3) is 10.9 Å². The molecule has 6 nitrogen and oxygen atoms in total. The topological polar surface area (TPSA) is 87.7 Å². The molecule has 3 rings (SSSR count). The Morgan fingerprint density at radius 1 is 1.07 bits per heavy atom. The average Bonchev–Trinajstić information content (AvgIpc) is 3.02. The summed E-state index contributed by atoms with van der Waals surface area (Å²) in [5.41, 5.74) is -2.54. The Morgan fingerprint density at radius 3 is 2.37 bits per heavy atom. The first-order valence-electron chi connectivity index (χ1n) is 6.91. The molecule has 3 aromatic rings. The highest BCUT2D eigenvalue weighted by molar-refractivity contribution is 7.15. The molecule has 0 aliphatic rings. The van der Waals surface area contributed by atoms with Gasteiger partial charge in [-0.2, -0.15) is 26.3 Å². The highest BCUT2D eigenvalue weighted by atomic mass is 32.1. The number of nitrogens with zero attached hydrogens (tertiary/aromatic N) is 2. The number of aromatic amines is 1. The number of alkyl halides is 6. The molecule has 2 N–H and O–H groups in total. The van der Waals surface area contributed by atoms with Gasteiger partial charge in [-0.25, -0.2) is 0 Å². The summed E-state index contributed by atoms with van der Waals surface area (Å²) in [6, 6.07) is 2.29. The lowest BCUT2D eigenvalue weighted by atomic mass is 10.1. The van der Waals surface area contributed by atoms with Crippen molar-refractivity contribution >= 4 is 33.3 Å². The normalized spacial score (nSPS) is 12.4. The lowest BCUT2D eigenvalue weighted by Crippen LogP contribution is -2.22. The number of aromatic nitrogens is 3. The summed E-state index contributed by atoms with van der Waals surface area (Å²) >= 11 is 0.0606. The van der Waals surface area contributed by atoms with Crippen LogP contribution in [0.5, 0.6) is 0 Å². The number of pyridine rings is 1. The van der Waals surface area contributed by atoms with Crippen molar-refractivity contribution in [2.75, 3.05) is 5.32 Å². The van der Waals surface area contributed by atoms with Gasteiger partial charge in [0.2, 0.25) is 15.6 Å². The zero-order valence-electron chi connectivity index (χ0n) is 12.7. The predicted octanol–water partition coefficient (Wildman–Crippen LogP) is 3.67. The quantitative estimate of drug-likeness (QED) is 0.634. The van der Waals surface area contributed by atoms with E-state index in [1.807, 2.05) is 5.32 Å². The number of nitrogens with one attached hydrogen (secondary N) is 2. The molecule has 0 saturated heterocycles. The molecule has 2 heterocycles. The van der Waals surface area contributed by atoms with Crippen LogP contribution in [-0.4, -0.2) is 21.1 Å². The van der Waals surface area contributed by atoms with E-state index in [4.69, 9.17) is 0 Å². The first-order valence-corrected chi connectivity index (χ1v) is 7.73. The Bertz CT molecular complexity index is 1090. The first kappa shape index (κ1) is 18.8. The van der Waals surface area contributed by atoms with E-state index in [9.17, 15) is 35.9 Å². The molecule has 0 aliphatic carbocycles. The summed E-state index contributed by atoms with van der Waals surface area (Å²) in [5, 5.41) is 6.07. The van der Waals surface area contributed by atoms with Crippen molar-refractivity contribution in [2.24, 2.45) is 0 Å². The third-order valence-corrected chi connectivity index (χ3v) is 4.22. The molecule has 0 aliphatic heterocycles. The maximum atomic E-state index is 12.7. The Labute approximate surface area is 148 Å². The molecule has 0 saturated carbocycles. The summed E-state index contributed by atoms with van der Waals surface area (Å²) in [4.78, 5) is 26.8. The molecule has 0 radical (unpaired) electrons. The zero-order valence-corrected chi connectivity index (χ0v) is 13.5. The van der Waals surface area contributed by atoms with Crippen LogP contribution >= 0.6 is 11.3 Å². The Morgan fingerprint density at radius 2 is 1.78 bits per heavy atom. The third kappa shape index (κ3) is 3.77. The number of rotatable bonds is 2. The number of H-pyrrole nitrogens is 1. The SMILES string of the molecule is O=C(Nc1nnc(C(F)(F)F)s1)c1c[nH]c2cc(C(F)(F)F)ccc2c1=O. The molecule has 0 spiro atoms. The molecule has 0 atom stereocenters. The highest BCUT2D eigenvalue weighted by Crippen LogP contribution is 2.33. The standard InChI is InChI=1S/C14H6F6N4O2S/c15-13(16,17)5-1-2-6-8(3-5)21-4-7(9(6)25)10(26)22-12-24-23-11(27-12)14(18,19)20/h1-4H,(H,21,25)(H,22,24,26). The van der Waals surface area contributed by atoms with Gasteiger partial charge in [0.05, 0.1) is 5.56 Å². The van der Waals surface area contributed by atoms with Gasteiger partial charge in [-0.05, 0) is 18.2 Å². The minimum Gasteiger partial charge on any atom is -0.360 e. The van der Waals surface area contributed by atoms with Gasteiger partial charge in [0.25, 0.3) is 5.91 Å². The lowest BCUT2D eigenvalue weighted by Gasteiger charge is -2.08. The molecular weight excluding hydrogens is 402 g/mol. The molecule has 2 aromatic heterocycles. The largest absolute Gasteiger partial charge is 0.445 e. The smallest absolute Gasteiger partial charge is 0.360 e. The van der Waals surface area contributed by atoms with Crippen molar-refractivity contribution in [3.63, 3.8) is 0 Å². The fourth-order valence-electron chi connectivity index (χ4n) is 2.12. The summed E-state index contributed by atoms with van der Waals surface area (Å²) in [6.07, 6.45) is -8.49. The number of benzene rings is 1. The van der Waals surface area contributed by atoms with E-state index in [1.54, 1.807) is 0 Å². The average molecular weight is 408 g/mol. The third-order valence-electron chi connectivity index (χ3n) is 3.34. The summed E-state index contributed by atoms with van der Waals surface area (Å²) in [5.74, 6) is -1.08. The maximum absolute atomic E-state index is 12.7. The number of carbonyl (C=O) groups is 1. The van der Waals surface area contributed by atoms with Gasteiger partial charge in [-0.1, -0.05) is 11.3 Å². The van der Waals surface area contributed by atoms with Gasteiger partial charge in [-0.3, -0.25) is 14.9 Å². The second kappa shape index (κ2) is 6.33. The second-order valence-corrected chi connectivity index (χ2v) is 6.13. The van der Waals surface area contributed by atoms with E-state index in [2.05, 4.69) is 15.2 Å². The van der Waals surface area contributed by atoms with E-state index in [1.165, 1.54) is 0 Å². The predicted molar refractivity (Wildman–Crippen MR) is 82.4 cm³/mol. The minimum absolute atomic E-state index is 0.0606. The zero-order chi connectivity index (χ0) is 20.0. The monoisotopic (exact) mass is 408 g/mol. The molecule has 1 aromatic carbocycles. The van der Waals surface area contributed by atoms with Gasteiger partial charge >= 0.3 is 12.4 Å². The van der Waals surface area contributed by atoms with Gasteiger partial charge in [-0.15, -0.1) is 10.2 Å². The van der Waals surface area contributed by atoms with Crippen LogP contribution in [0, 0.1) is 0 Å². The fraction of sp³-hybridized carbons (Fsp3) is 0.143. The van der Waals surface area contributed by atoms with E-state index >= 15 is 0 Å². The highest BCUT2D eigenvalue weighted by Gasteiger charge is 2.36. The van der Waals surface area contributed by atoms with Crippen LogP contribution in [0.3, 0.4) is 0 Å². The van der Waals surface area contributed by atoms with Crippen molar-refractivity contribution in [1.82, 2.24) is 15.2 Å². The lowest BCUT2D eigenvalue weighted by molar-refractivity contribution is -0.138. The van der Waals surface area contributed by atoms with Crippen LogP contribution in [0.1, 0.15) is 20.9 Å². The van der Waals surface area contributed by atoms with Crippen molar-refractivity contribution in [3.8, 4) is 0 Å². The number of anilines is 1. The summed E-state index contributed by atoms with van der Waals surface area (Å²) in [7, 11) is 0. The number of amides is 1. The van der Waals surface area contributed by atoms with Gasteiger partial charge in [0.15, 0.2) is 0 Å². The molecule has 0 fully saturated rings. The van der Waals surface area contributed by atoms with Crippen molar-refractivity contribution < 1.29 is 31.1 Å². The molecule has 0 unspecified atom stereocenters. The molecule has 13 heteroatoms. The Hall–Kier alpha value is -2.96. The van der Waals surface area contributed by atoms with Crippen LogP contribution in [-0.2, 0) is 12.4 Å². The number of hydrogen-bond donors (Lipinski definition) is 2. The first-order chi connectivity index (χ1) is 12.5. The number of halogens is 6. The molecule has 1 amide bonds. The van der Waals surface area contributed by atoms with Crippen molar-refractivity contribution in [1.29, 1.82) is 0 Å². The molecule has 0 bridgehead atoms. The van der Waals surface area contributed by atoms with E-state index < -0.39 is 45.0 Å². The molecule has 27 heavy (non-hydrogen) atoms. The Kier molecular flexibility index (Phi) is 4.41. The van der Waals surface area contributed by atoms with Crippen LogP contribution in [0.15, 0.2) is 29.2 Å². The van der Waals surface area contributed by atoms with Crippen molar-refractivity contribution in [3.05, 3.63) is 50.8 Å². The maximum Gasteiger partial charge on any atom is 0.445 e. The second-order valence-electron chi connectivity index (χ2n) is 5.15. The summed E-state index contributed by atoms with van der Waals surface area (Å²) < 4.78 is 75.5.